The van der Waals surface area contributed by atoms with Crippen LogP contribution in [-0.2, 0) is 6.54 Å². The summed E-state index contributed by atoms with van der Waals surface area (Å²) in [5.41, 5.74) is 1.43. The third kappa shape index (κ3) is 3.55. The summed E-state index contributed by atoms with van der Waals surface area (Å²) in [7, 11) is 0. The molecule has 114 valence electrons. The van der Waals surface area contributed by atoms with Crippen molar-refractivity contribution in [2.75, 3.05) is 12.1 Å². The van der Waals surface area contributed by atoms with E-state index in [1.165, 1.54) is 0 Å². The first kappa shape index (κ1) is 14.8. The van der Waals surface area contributed by atoms with Gasteiger partial charge in [0.2, 0.25) is 6.79 Å². The average Bonchev–Trinajstić information content (AvgIpc) is 2.91. The van der Waals surface area contributed by atoms with Gasteiger partial charge in [0, 0.05) is 22.3 Å². The van der Waals surface area contributed by atoms with Gasteiger partial charge in [0.25, 0.3) is 0 Å². The van der Waals surface area contributed by atoms with Crippen molar-refractivity contribution in [2.24, 2.45) is 0 Å². The second-order valence-corrected chi connectivity index (χ2v) is 5.53. The molecule has 0 fully saturated rings. The van der Waals surface area contributed by atoms with Crippen LogP contribution in [0.25, 0.3) is 0 Å². The number of carbonyl (C=O) groups is 1. The van der Waals surface area contributed by atoms with E-state index in [0.29, 0.717) is 33.8 Å². The third-order valence-corrected chi connectivity index (χ3v) is 3.45. The molecule has 1 heterocycles. The lowest BCUT2D eigenvalue weighted by molar-refractivity contribution is 0.174. The zero-order valence-electron chi connectivity index (χ0n) is 11.4. The first-order valence-corrected chi connectivity index (χ1v) is 7.25. The lowest BCUT2D eigenvalue weighted by Gasteiger charge is -2.09. The van der Waals surface area contributed by atoms with E-state index < -0.39 is 0 Å². The van der Waals surface area contributed by atoms with E-state index in [-0.39, 0.29) is 12.8 Å². The van der Waals surface area contributed by atoms with Gasteiger partial charge in [0.05, 0.1) is 0 Å². The van der Waals surface area contributed by atoms with Crippen molar-refractivity contribution in [3.05, 3.63) is 52.0 Å². The molecular formula is C15H12Cl2N2O3. The predicted octanol–water partition coefficient (Wildman–Crippen LogP) is 4.04. The standard InChI is InChI=1S/C15H12Cl2N2O3/c16-10-4-11(17)6-12(5-10)19-15(20)18-7-9-1-2-13-14(3-9)22-8-21-13/h1-6H,7-8H2,(H2,18,19,20). The van der Waals surface area contributed by atoms with Crippen LogP contribution >= 0.6 is 23.2 Å². The molecule has 0 radical (unpaired) electrons. The number of carbonyl (C=O) groups excluding carboxylic acids is 1. The van der Waals surface area contributed by atoms with E-state index in [9.17, 15) is 4.79 Å². The Labute approximate surface area is 137 Å². The van der Waals surface area contributed by atoms with Gasteiger partial charge in [0.15, 0.2) is 11.5 Å². The summed E-state index contributed by atoms with van der Waals surface area (Å²) in [6.07, 6.45) is 0. The molecule has 0 spiro atoms. The summed E-state index contributed by atoms with van der Waals surface area (Å²) in [4.78, 5) is 11.9. The number of halogens is 2. The SMILES string of the molecule is O=C(NCc1ccc2c(c1)OCO2)Nc1cc(Cl)cc(Cl)c1. The maximum atomic E-state index is 11.9. The molecule has 22 heavy (non-hydrogen) atoms. The van der Waals surface area contributed by atoms with Crippen LogP contribution in [0.5, 0.6) is 11.5 Å². The minimum absolute atomic E-state index is 0.224. The van der Waals surface area contributed by atoms with Crippen molar-refractivity contribution >= 4 is 34.9 Å². The Balaban J connectivity index is 1.58. The fourth-order valence-electron chi connectivity index (χ4n) is 2.03. The normalized spacial score (nSPS) is 12.1. The Morgan fingerprint density at radius 1 is 1.05 bits per heavy atom. The number of rotatable bonds is 3. The molecule has 7 heteroatoms. The fourth-order valence-corrected chi connectivity index (χ4v) is 2.56. The number of amides is 2. The summed E-state index contributed by atoms with van der Waals surface area (Å²) in [6.45, 7) is 0.582. The van der Waals surface area contributed by atoms with Crippen molar-refractivity contribution < 1.29 is 14.3 Å². The minimum atomic E-state index is -0.351. The van der Waals surface area contributed by atoms with E-state index in [4.69, 9.17) is 32.7 Å². The maximum Gasteiger partial charge on any atom is 0.319 e. The number of benzene rings is 2. The van der Waals surface area contributed by atoms with Crippen LogP contribution in [0.15, 0.2) is 36.4 Å². The largest absolute Gasteiger partial charge is 0.454 e. The van der Waals surface area contributed by atoms with Gasteiger partial charge >= 0.3 is 6.03 Å². The van der Waals surface area contributed by atoms with Crippen LogP contribution in [0.1, 0.15) is 5.56 Å². The molecule has 0 aromatic heterocycles. The van der Waals surface area contributed by atoms with E-state index in [1.807, 2.05) is 18.2 Å². The molecule has 0 bridgehead atoms. The highest BCUT2D eigenvalue weighted by atomic mass is 35.5. The van der Waals surface area contributed by atoms with Crippen molar-refractivity contribution in [3.8, 4) is 11.5 Å². The zero-order valence-corrected chi connectivity index (χ0v) is 12.9. The highest BCUT2D eigenvalue weighted by molar-refractivity contribution is 6.35. The van der Waals surface area contributed by atoms with E-state index >= 15 is 0 Å². The molecule has 0 unspecified atom stereocenters. The topological polar surface area (TPSA) is 59.6 Å². The first-order valence-electron chi connectivity index (χ1n) is 6.49. The molecule has 2 N–H and O–H groups in total. The molecule has 2 amide bonds. The summed E-state index contributed by atoms with van der Waals surface area (Å²) >= 11 is 11.8. The minimum Gasteiger partial charge on any atom is -0.454 e. The van der Waals surface area contributed by atoms with Gasteiger partial charge in [-0.2, -0.15) is 0 Å². The highest BCUT2D eigenvalue weighted by Crippen LogP contribution is 2.32. The highest BCUT2D eigenvalue weighted by Gasteiger charge is 2.13. The van der Waals surface area contributed by atoms with Crippen LogP contribution in [-0.4, -0.2) is 12.8 Å². The molecule has 1 aliphatic heterocycles. The molecule has 0 saturated heterocycles. The molecule has 1 aliphatic rings. The van der Waals surface area contributed by atoms with Gasteiger partial charge in [-0.15, -0.1) is 0 Å². The zero-order chi connectivity index (χ0) is 15.5. The number of fused-ring (bicyclic) bond motifs is 1. The monoisotopic (exact) mass is 338 g/mol. The second-order valence-electron chi connectivity index (χ2n) is 4.65. The van der Waals surface area contributed by atoms with Crippen LogP contribution in [0.2, 0.25) is 10.0 Å². The van der Waals surface area contributed by atoms with Gasteiger partial charge in [-0.05, 0) is 35.9 Å². The lowest BCUT2D eigenvalue weighted by Crippen LogP contribution is -2.28. The molecule has 2 aromatic carbocycles. The van der Waals surface area contributed by atoms with Crippen LogP contribution < -0.4 is 20.1 Å². The number of hydrogen-bond donors (Lipinski definition) is 2. The fraction of sp³-hybridized carbons (Fsp3) is 0.133. The summed E-state index contributed by atoms with van der Waals surface area (Å²) in [6, 6.07) is 9.99. The van der Waals surface area contributed by atoms with Crippen LogP contribution in [0, 0.1) is 0 Å². The Morgan fingerprint density at radius 2 is 1.77 bits per heavy atom. The van der Waals surface area contributed by atoms with Gasteiger partial charge in [-0.3, -0.25) is 0 Å². The number of anilines is 1. The van der Waals surface area contributed by atoms with Gasteiger partial charge < -0.3 is 20.1 Å². The summed E-state index contributed by atoms with van der Waals surface area (Å²) in [5, 5.41) is 6.33. The summed E-state index contributed by atoms with van der Waals surface area (Å²) in [5.74, 6) is 1.39. The van der Waals surface area contributed by atoms with Crippen molar-refractivity contribution in [1.29, 1.82) is 0 Å². The number of hydrogen-bond acceptors (Lipinski definition) is 3. The maximum absolute atomic E-state index is 11.9. The van der Waals surface area contributed by atoms with Gasteiger partial charge in [-0.25, -0.2) is 4.79 Å². The third-order valence-electron chi connectivity index (χ3n) is 3.01. The van der Waals surface area contributed by atoms with Gasteiger partial charge in [0.1, 0.15) is 0 Å². The van der Waals surface area contributed by atoms with Crippen molar-refractivity contribution in [3.63, 3.8) is 0 Å². The predicted molar refractivity (Wildman–Crippen MR) is 84.9 cm³/mol. The number of nitrogens with one attached hydrogen (secondary N) is 2. The van der Waals surface area contributed by atoms with Crippen molar-refractivity contribution in [1.82, 2.24) is 5.32 Å². The Hall–Kier alpha value is -2.11. The Morgan fingerprint density at radius 3 is 2.55 bits per heavy atom. The average molecular weight is 339 g/mol. The summed E-state index contributed by atoms with van der Waals surface area (Å²) < 4.78 is 10.5. The quantitative estimate of drug-likeness (QED) is 0.887. The van der Waals surface area contributed by atoms with E-state index in [1.54, 1.807) is 18.2 Å². The second kappa shape index (κ2) is 6.34. The lowest BCUT2D eigenvalue weighted by atomic mass is 10.2. The Bertz CT molecular complexity index is 702. The number of urea groups is 1. The number of ether oxygens (including phenoxy) is 2. The molecular weight excluding hydrogens is 327 g/mol. The Kier molecular flexibility index (Phi) is 4.27. The smallest absolute Gasteiger partial charge is 0.319 e. The van der Waals surface area contributed by atoms with Gasteiger partial charge in [-0.1, -0.05) is 29.3 Å². The molecule has 0 saturated carbocycles. The first-order chi connectivity index (χ1) is 10.6. The molecule has 3 rings (SSSR count). The van der Waals surface area contributed by atoms with Crippen LogP contribution in [0.3, 0.4) is 0 Å². The van der Waals surface area contributed by atoms with E-state index in [2.05, 4.69) is 10.6 Å². The molecule has 0 aliphatic carbocycles. The van der Waals surface area contributed by atoms with Crippen molar-refractivity contribution in [2.45, 2.75) is 6.54 Å². The molecule has 5 nitrogen and oxygen atoms in total. The molecule has 0 atom stereocenters. The van der Waals surface area contributed by atoms with Crippen LogP contribution in [0.4, 0.5) is 10.5 Å². The molecule has 2 aromatic rings. The van der Waals surface area contributed by atoms with E-state index in [0.717, 1.165) is 5.56 Å².